The molecule has 2 unspecified atom stereocenters. The van der Waals surface area contributed by atoms with Crippen molar-refractivity contribution in [3.8, 4) is 5.75 Å². The molecule has 0 aromatic heterocycles. The van der Waals surface area contributed by atoms with Gasteiger partial charge in [-0.2, -0.15) is 0 Å². The minimum atomic E-state index is -2.92. The van der Waals surface area contributed by atoms with Crippen LogP contribution in [0.1, 0.15) is 24.9 Å². The van der Waals surface area contributed by atoms with Crippen LogP contribution in [0.2, 0.25) is 0 Å². The highest BCUT2D eigenvalue weighted by Crippen LogP contribution is 2.35. The molecule has 1 aliphatic rings. The number of hydrogen-bond donors (Lipinski definition) is 2. The van der Waals surface area contributed by atoms with Gasteiger partial charge < -0.3 is 4.74 Å². The highest BCUT2D eigenvalue weighted by Gasteiger charge is 2.35. The fraction of sp³-hybridized carbons (Fsp3) is 0.538. The van der Waals surface area contributed by atoms with Gasteiger partial charge in [-0.3, -0.25) is 11.3 Å². The number of nitrogens with two attached hydrogens (primary N) is 1. The number of rotatable bonds is 5. The van der Waals surface area contributed by atoms with Gasteiger partial charge in [0.1, 0.15) is 5.75 Å². The van der Waals surface area contributed by atoms with Crippen LogP contribution in [-0.4, -0.2) is 26.5 Å². The molecule has 106 valence electrons. The van der Waals surface area contributed by atoms with Crippen molar-refractivity contribution in [1.29, 1.82) is 0 Å². The second kappa shape index (κ2) is 5.90. The SMILES string of the molecule is CCOc1ccccc1C(NN)C1CCS(=O)(=O)C1. The van der Waals surface area contributed by atoms with E-state index in [2.05, 4.69) is 5.43 Å². The lowest BCUT2D eigenvalue weighted by atomic mass is 9.92. The first-order valence-corrected chi connectivity index (χ1v) is 8.28. The zero-order chi connectivity index (χ0) is 13.9. The molecule has 0 radical (unpaired) electrons. The first kappa shape index (κ1) is 14.3. The summed E-state index contributed by atoms with van der Waals surface area (Å²) < 4.78 is 28.8. The van der Waals surface area contributed by atoms with Crippen LogP contribution in [0, 0.1) is 5.92 Å². The zero-order valence-corrected chi connectivity index (χ0v) is 11.8. The normalized spacial score (nSPS) is 23.2. The molecule has 1 aliphatic heterocycles. The topological polar surface area (TPSA) is 81.4 Å². The first-order valence-electron chi connectivity index (χ1n) is 6.45. The molecule has 1 fully saturated rings. The summed E-state index contributed by atoms with van der Waals surface area (Å²) in [5, 5.41) is 0. The lowest BCUT2D eigenvalue weighted by molar-refractivity contribution is 0.320. The van der Waals surface area contributed by atoms with Gasteiger partial charge in [0.05, 0.1) is 24.2 Å². The van der Waals surface area contributed by atoms with E-state index in [0.29, 0.717) is 13.0 Å². The molecule has 0 saturated carbocycles. The van der Waals surface area contributed by atoms with Gasteiger partial charge in [-0.15, -0.1) is 0 Å². The van der Waals surface area contributed by atoms with Crippen molar-refractivity contribution in [2.24, 2.45) is 11.8 Å². The molecule has 3 N–H and O–H groups in total. The second-order valence-electron chi connectivity index (χ2n) is 4.78. The van der Waals surface area contributed by atoms with Crippen LogP contribution in [0.25, 0.3) is 0 Å². The third kappa shape index (κ3) is 3.26. The smallest absolute Gasteiger partial charge is 0.150 e. The van der Waals surface area contributed by atoms with E-state index in [-0.39, 0.29) is 23.5 Å². The fourth-order valence-electron chi connectivity index (χ4n) is 2.59. The summed E-state index contributed by atoms with van der Waals surface area (Å²) in [4.78, 5) is 0. The molecule has 6 heteroatoms. The summed E-state index contributed by atoms with van der Waals surface area (Å²) in [6, 6.07) is 7.42. The van der Waals surface area contributed by atoms with Crippen LogP contribution in [0.4, 0.5) is 0 Å². The quantitative estimate of drug-likeness (QED) is 0.623. The number of nitrogens with one attached hydrogen (secondary N) is 1. The van der Waals surface area contributed by atoms with Gasteiger partial charge in [-0.05, 0) is 25.3 Å². The summed E-state index contributed by atoms with van der Waals surface area (Å²) in [6.07, 6.45) is 0.637. The lowest BCUT2D eigenvalue weighted by Crippen LogP contribution is -2.34. The van der Waals surface area contributed by atoms with Crippen LogP contribution < -0.4 is 16.0 Å². The zero-order valence-electron chi connectivity index (χ0n) is 11.0. The number of ether oxygens (including phenoxy) is 1. The lowest BCUT2D eigenvalue weighted by Gasteiger charge is -2.24. The summed E-state index contributed by atoms with van der Waals surface area (Å²) in [6.45, 7) is 2.49. The number of para-hydroxylation sites is 1. The van der Waals surface area contributed by atoms with Crippen LogP contribution >= 0.6 is 0 Å². The predicted molar refractivity (Wildman–Crippen MR) is 74.4 cm³/mol. The van der Waals surface area contributed by atoms with E-state index in [1.807, 2.05) is 31.2 Å². The highest BCUT2D eigenvalue weighted by molar-refractivity contribution is 7.91. The molecule has 1 aromatic rings. The predicted octanol–water partition coefficient (Wildman–Crippen LogP) is 1.02. The van der Waals surface area contributed by atoms with Crippen molar-refractivity contribution in [2.75, 3.05) is 18.1 Å². The van der Waals surface area contributed by atoms with Gasteiger partial charge in [0.25, 0.3) is 0 Å². The molecule has 0 bridgehead atoms. The summed E-state index contributed by atoms with van der Waals surface area (Å²) in [7, 11) is -2.92. The van der Waals surface area contributed by atoms with Crippen LogP contribution in [0.3, 0.4) is 0 Å². The average Bonchev–Trinajstić information content (AvgIpc) is 2.73. The molecule has 19 heavy (non-hydrogen) atoms. The van der Waals surface area contributed by atoms with E-state index in [1.54, 1.807) is 0 Å². The number of sulfone groups is 1. The van der Waals surface area contributed by atoms with E-state index in [1.165, 1.54) is 0 Å². The highest BCUT2D eigenvalue weighted by atomic mass is 32.2. The van der Waals surface area contributed by atoms with Crippen molar-refractivity contribution < 1.29 is 13.2 Å². The Bertz CT molecular complexity index is 530. The van der Waals surface area contributed by atoms with Gasteiger partial charge >= 0.3 is 0 Å². The van der Waals surface area contributed by atoms with Crippen LogP contribution in [-0.2, 0) is 9.84 Å². The number of hydrogen-bond acceptors (Lipinski definition) is 5. The maximum atomic E-state index is 11.6. The molecule has 0 amide bonds. The fourth-order valence-corrected chi connectivity index (χ4v) is 4.43. The van der Waals surface area contributed by atoms with Crippen molar-refractivity contribution in [3.63, 3.8) is 0 Å². The summed E-state index contributed by atoms with van der Waals surface area (Å²) in [5.74, 6) is 6.82. The van der Waals surface area contributed by atoms with E-state index in [0.717, 1.165) is 11.3 Å². The minimum absolute atomic E-state index is 0.00314. The Hall–Kier alpha value is -1.11. The van der Waals surface area contributed by atoms with Gasteiger partial charge in [0, 0.05) is 5.56 Å². The minimum Gasteiger partial charge on any atom is -0.494 e. The molecule has 2 rings (SSSR count). The molecule has 2 atom stereocenters. The van der Waals surface area contributed by atoms with E-state index in [9.17, 15) is 8.42 Å². The van der Waals surface area contributed by atoms with Crippen molar-refractivity contribution >= 4 is 9.84 Å². The first-order chi connectivity index (χ1) is 9.07. The van der Waals surface area contributed by atoms with Gasteiger partial charge in [-0.1, -0.05) is 18.2 Å². The Balaban J connectivity index is 2.27. The molecule has 0 spiro atoms. The van der Waals surface area contributed by atoms with E-state index >= 15 is 0 Å². The average molecular weight is 284 g/mol. The Morgan fingerprint density at radius 3 is 2.79 bits per heavy atom. The summed E-state index contributed by atoms with van der Waals surface area (Å²) >= 11 is 0. The molecule has 1 aromatic carbocycles. The molecule has 1 heterocycles. The second-order valence-corrected chi connectivity index (χ2v) is 7.01. The molecular weight excluding hydrogens is 264 g/mol. The Morgan fingerprint density at radius 2 is 2.21 bits per heavy atom. The number of benzene rings is 1. The van der Waals surface area contributed by atoms with Crippen molar-refractivity contribution in [3.05, 3.63) is 29.8 Å². The summed E-state index contributed by atoms with van der Waals surface area (Å²) in [5.41, 5.74) is 3.68. The Morgan fingerprint density at radius 1 is 1.47 bits per heavy atom. The van der Waals surface area contributed by atoms with Gasteiger partial charge in [0.2, 0.25) is 0 Å². The number of hydrazine groups is 1. The van der Waals surface area contributed by atoms with Gasteiger partial charge in [-0.25, -0.2) is 8.42 Å². The van der Waals surface area contributed by atoms with E-state index < -0.39 is 9.84 Å². The van der Waals surface area contributed by atoms with Crippen LogP contribution in [0.15, 0.2) is 24.3 Å². The van der Waals surface area contributed by atoms with Crippen LogP contribution in [0.5, 0.6) is 5.75 Å². The Labute approximate surface area is 114 Å². The molecule has 1 saturated heterocycles. The van der Waals surface area contributed by atoms with Crippen molar-refractivity contribution in [2.45, 2.75) is 19.4 Å². The third-order valence-corrected chi connectivity index (χ3v) is 5.27. The van der Waals surface area contributed by atoms with Crippen molar-refractivity contribution in [1.82, 2.24) is 5.43 Å². The largest absolute Gasteiger partial charge is 0.494 e. The standard InChI is InChI=1S/C13H20N2O3S/c1-2-18-12-6-4-3-5-11(12)13(15-14)10-7-8-19(16,17)9-10/h3-6,10,13,15H,2,7-9,14H2,1H3. The third-order valence-electron chi connectivity index (χ3n) is 3.47. The molecule has 5 nitrogen and oxygen atoms in total. The maximum Gasteiger partial charge on any atom is 0.150 e. The van der Waals surface area contributed by atoms with Gasteiger partial charge in [0.15, 0.2) is 9.84 Å². The monoisotopic (exact) mass is 284 g/mol. The van der Waals surface area contributed by atoms with E-state index in [4.69, 9.17) is 10.6 Å². The molecule has 0 aliphatic carbocycles. The maximum absolute atomic E-state index is 11.6. The Kier molecular flexibility index (Phi) is 4.44. The molecular formula is C13H20N2O3S.